The first kappa shape index (κ1) is 23.5. The van der Waals surface area contributed by atoms with Crippen LogP contribution in [0, 0.1) is 0 Å². The van der Waals surface area contributed by atoms with E-state index in [1.165, 1.54) is 5.56 Å². The van der Waals surface area contributed by atoms with Crippen LogP contribution in [0.3, 0.4) is 0 Å². The molecule has 0 saturated heterocycles. The van der Waals surface area contributed by atoms with E-state index in [-0.39, 0.29) is 18.8 Å². The predicted molar refractivity (Wildman–Crippen MR) is 130 cm³/mol. The van der Waals surface area contributed by atoms with Crippen molar-refractivity contribution in [3.8, 4) is 17.0 Å². The Bertz CT molecular complexity index is 1120. The summed E-state index contributed by atoms with van der Waals surface area (Å²) in [6.07, 6.45) is 1.98. The Morgan fingerprint density at radius 3 is 2.58 bits per heavy atom. The van der Waals surface area contributed by atoms with Crippen LogP contribution in [0.25, 0.3) is 11.3 Å². The van der Waals surface area contributed by atoms with Crippen LogP contribution in [-0.2, 0) is 24.0 Å². The van der Waals surface area contributed by atoms with Crippen LogP contribution >= 0.6 is 11.6 Å². The highest BCUT2D eigenvalue weighted by Gasteiger charge is 2.34. The molecular formula is C26H29ClFN3O2. The second-order valence-corrected chi connectivity index (χ2v) is 8.40. The van der Waals surface area contributed by atoms with Crippen molar-refractivity contribution in [1.82, 2.24) is 9.97 Å². The Hall–Kier alpha value is -2.70. The van der Waals surface area contributed by atoms with Crippen LogP contribution in [0.2, 0.25) is 5.02 Å². The number of anilines is 1. The van der Waals surface area contributed by atoms with E-state index in [0.717, 1.165) is 40.4 Å². The fraction of sp³-hybridized carbons (Fsp3) is 0.385. The van der Waals surface area contributed by atoms with Crippen molar-refractivity contribution in [2.24, 2.45) is 0 Å². The number of benzene rings is 2. The molecule has 4 rings (SSSR count). The summed E-state index contributed by atoms with van der Waals surface area (Å²) >= 11 is 6.56. The number of hydrogen-bond donors (Lipinski definition) is 1. The number of nitrogens with zero attached hydrogens (tertiary/aromatic N) is 2. The Kier molecular flexibility index (Phi) is 7.46. The van der Waals surface area contributed by atoms with Crippen molar-refractivity contribution in [2.45, 2.75) is 45.3 Å². The molecule has 5 nitrogen and oxygen atoms in total. The topological polar surface area (TPSA) is 56.3 Å². The van der Waals surface area contributed by atoms with E-state index in [2.05, 4.69) is 31.3 Å². The number of fused-ring (bicyclic) bond motifs is 1. The largest absolute Gasteiger partial charge is 0.497 e. The molecule has 7 heteroatoms. The summed E-state index contributed by atoms with van der Waals surface area (Å²) in [5, 5.41) is 4.16. The van der Waals surface area contributed by atoms with Crippen molar-refractivity contribution in [1.29, 1.82) is 0 Å². The molecular weight excluding hydrogens is 441 g/mol. The third kappa shape index (κ3) is 4.82. The van der Waals surface area contributed by atoms with E-state index in [0.29, 0.717) is 23.6 Å². The monoisotopic (exact) mass is 469 g/mol. The quantitative estimate of drug-likeness (QED) is 0.417. The maximum absolute atomic E-state index is 12.8. The fourth-order valence-corrected chi connectivity index (χ4v) is 4.63. The normalized spacial score (nSPS) is 17.1. The number of nitrogens with one attached hydrogen (secondary N) is 1. The molecule has 1 aliphatic rings. The Morgan fingerprint density at radius 2 is 1.88 bits per heavy atom. The number of hydrogen-bond acceptors (Lipinski definition) is 5. The van der Waals surface area contributed by atoms with Gasteiger partial charge in [0, 0.05) is 12.0 Å². The average molecular weight is 470 g/mol. The molecule has 0 fully saturated rings. The number of aromatic nitrogens is 2. The van der Waals surface area contributed by atoms with Crippen LogP contribution < -0.4 is 10.1 Å². The number of rotatable bonds is 9. The molecule has 0 saturated carbocycles. The summed E-state index contributed by atoms with van der Waals surface area (Å²) in [6.45, 7) is 3.69. The van der Waals surface area contributed by atoms with E-state index in [4.69, 9.17) is 31.0 Å². The van der Waals surface area contributed by atoms with Gasteiger partial charge in [-0.25, -0.2) is 14.4 Å². The highest BCUT2D eigenvalue weighted by atomic mass is 35.5. The van der Waals surface area contributed by atoms with Crippen LogP contribution in [0.1, 0.15) is 42.4 Å². The van der Waals surface area contributed by atoms with E-state index in [9.17, 15) is 4.39 Å². The minimum atomic E-state index is -0.503. The van der Waals surface area contributed by atoms with Crippen molar-refractivity contribution >= 4 is 17.4 Å². The zero-order valence-electron chi connectivity index (χ0n) is 19.2. The molecule has 2 atom stereocenters. The summed E-state index contributed by atoms with van der Waals surface area (Å²) in [5.41, 5.74) is 5.69. The van der Waals surface area contributed by atoms with E-state index >= 15 is 0 Å². The molecule has 1 N–H and O–H groups in total. The lowest BCUT2D eigenvalue weighted by atomic mass is 10.1. The minimum Gasteiger partial charge on any atom is -0.497 e. The molecule has 33 heavy (non-hydrogen) atoms. The SMILES string of the molecule is CCc1nc(-c2ccc(OC)cc2Cl)c(CC)nc1N[C@@H]1c2ccccc2C[C@@H]1OCCF. The first-order chi connectivity index (χ1) is 16.1. The Balaban J connectivity index is 1.72. The lowest BCUT2D eigenvalue weighted by molar-refractivity contribution is 0.0393. The molecule has 0 amide bonds. The number of halogens is 2. The molecule has 0 radical (unpaired) electrons. The predicted octanol–water partition coefficient (Wildman–Crippen LogP) is 5.99. The first-order valence-corrected chi connectivity index (χ1v) is 11.7. The van der Waals surface area contributed by atoms with Gasteiger partial charge in [0.05, 0.1) is 48.0 Å². The van der Waals surface area contributed by atoms with Gasteiger partial charge in [-0.2, -0.15) is 0 Å². The molecule has 0 aliphatic heterocycles. The zero-order valence-corrected chi connectivity index (χ0v) is 20.0. The first-order valence-electron chi connectivity index (χ1n) is 11.3. The van der Waals surface area contributed by atoms with Gasteiger partial charge < -0.3 is 14.8 Å². The zero-order chi connectivity index (χ0) is 23.4. The van der Waals surface area contributed by atoms with E-state index < -0.39 is 6.67 Å². The van der Waals surface area contributed by atoms with Gasteiger partial charge in [-0.15, -0.1) is 0 Å². The highest BCUT2D eigenvalue weighted by molar-refractivity contribution is 6.33. The molecule has 1 heterocycles. The summed E-state index contributed by atoms with van der Waals surface area (Å²) < 4.78 is 24.0. The van der Waals surface area contributed by atoms with Gasteiger partial charge in [-0.3, -0.25) is 0 Å². The van der Waals surface area contributed by atoms with Gasteiger partial charge in [0.2, 0.25) is 0 Å². The highest BCUT2D eigenvalue weighted by Crippen LogP contribution is 2.38. The standard InChI is InChI=1S/C26H29ClFN3O2/c1-4-21-24(19-11-10-17(32-3)15-20(19)27)29-22(5-2)26(30-21)31-25-18-9-7-6-8-16(18)14-23(25)33-13-12-28/h6-11,15,23,25H,4-5,12-14H2,1-3H3,(H,30,31)/t23-,25+/m0/s1. The van der Waals surface area contributed by atoms with Gasteiger partial charge in [-0.1, -0.05) is 49.7 Å². The lowest BCUT2D eigenvalue weighted by Crippen LogP contribution is -2.27. The average Bonchev–Trinajstić information content (AvgIpc) is 3.19. The van der Waals surface area contributed by atoms with Gasteiger partial charge in [0.25, 0.3) is 0 Å². The van der Waals surface area contributed by atoms with Gasteiger partial charge >= 0.3 is 0 Å². The van der Waals surface area contributed by atoms with Crippen molar-refractivity contribution in [3.05, 3.63) is 70.0 Å². The summed E-state index contributed by atoms with van der Waals surface area (Å²) in [6, 6.07) is 13.7. The maximum Gasteiger partial charge on any atom is 0.148 e. The fourth-order valence-electron chi connectivity index (χ4n) is 4.37. The van der Waals surface area contributed by atoms with Crippen molar-refractivity contribution in [3.63, 3.8) is 0 Å². The number of methoxy groups -OCH3 is 1. The smallest absolute Gasteiger partial charge is 0.148 e. The molecule has 174 valence electrons. The number of aryl methyl sites for hydroxylation is 2. The third-order valence-electron chi connectivity index (χ3n) is 6.03. The van der Waals surface area contributed by atoms with Gasteiger partial charge in [0.1, 0.15) is 18.2 Å². The van der Waals surface area contributed by atoms with Crippen molar-refractivity contribution < 1.29 is 13.9 Å². The molecule has 1 aromatic heterocycles. The molecule has 3 aromatic rings. The van der Waals surface area contributed by atoms with Crippen LogP contribution in [0.5, 0.6) is 5.75 Å². The molecule has 1 aliphatic carbocycles. The molecule has 0 bridgehead atoms. The number of ether oxygens (including phenoxy) is 2. The Morgan fingerprint density at radius 1 is 1.09 bits per heavy atom. The molecule has 0 spiro atoms. The summed E-state index contributed by atoms with van der Waals surface area (Å²) in [5.74, 6) is 1.43. The van der Waals surface area contributed by atoms with E-state index in [1.54, 1.807) is 13.2 Å². The Labute approximate surface area is 199 Å². The van der Waals surface area contributed by atoms with Crippen LogP contribution in [-0.4, -0.2) is 36.5 Å². The van der Waals surface area contributed by atoms with Gasteiger partial charge in [-0.05, 0) is 42.2 Å². The second kappa shape index (κ2) is 10.5. The summed E-state index contributed by atoms with van der Waals surface area (Å²) in [4.78, 5) is 9.96. The second-order valence-electron chi connectivity index (χ2n) is 7.99. The van der Waals surface area contributed by atoms with Gasteiger partial charge in [0.15, 0.2) is 0 Å². The minimum absolute atomic E-state index is 0.0816. The number of alkyl halides is 1. The third-order valence-corrected chi connectivity index (χ3v) is 6.34. The van der Waals surface area contributed by atoms with E-state index in [1.807, 2.05) is 24.3 Å². The molecule has 2 aromatic carbocycles. The van der Waals surface area contributed by atoms with Crippen LogP contribution in [0.15, 0.2) is 42.5 Å². The lowest BCUT2D eigenvalue weighted by Gasteiger charge is -2.24. The summed E-state index contributed by atoms with van der Waals surface area (Å²) in [7, 11) is 1.62. The molecule has 0 unspecified atom stereocenters. The van der Waals surface area contributed by atoms with Crippen molar-refractivity contribution in [2.75, 3.05) is 25.7 Å². The maximum atomic E-state index is 12.8. The van der Waals surface area contributed by atoms with Crippen LogP contribution in [0.4, 0.5) is 10.2 Å².